The molecule has 1 aliphatic carbocycles. The molecule has 1 saturated carbocycles. The van der Waals surface area contributed by atoms with E-state index < -0.39 is 0 Å². The summed E-state index contributed by atoms with van der Waals surface area (Å²) in [6.45, 7) is 1.95. The first-order chi connectivity index (χ1) is 5.16. The minimum absolute atomic E-state index is 0.0136. The molecule has 0 saturated heterocycles. The largest absolute Gasteiger partial charge is 0.770 e. The lowest BCUT2D eigenvalue weighted by atomic mass is 9.81. The molecule has 5 heteroatoms. The molecule has 1 fully saturated rings. The molecule has 1 aliphatic rings. The van der Waals surface area contributed by atoms with Gasteiger partial charge < -0.3 is 20.4 Å². The van der Waals surface area contributed by atoms with Crippen LogP contribution in [0.4, 0.5) is 0 Å². The zero-order chi connectivity index (χ0) is 8.43. The van der Waals surface area contributed by atoms with Crippen LogP contribution in [-0.2, 0) is 4.84 Å². The molecule has 1 rings (SSSR count). The van der Waals surface area contributed by atoms with E-state index >= 15 is 0 Å². The molecule has 11 heavy (non-hydrogen) atoms. The van der Waals surface area contributed by atoms with Crippen molar-refractivity contribution in [3.63, 3.8) is 0 Å². The average Bonchev–Trinajstić information content (AvgIpc) is 2.00. The van der Waals surface area contributed by atoms with Gasteiger partial charge in [0.1, 0.15) is 0 Å². The van der Waals surface area contributed by atoms with E-state index in [-0.39, 0.29) is 11.4 Å². The van der Waals surface area contributed by atoms with Gasteiger partial charge in [0.15, 0.2) is 0 Å². The number of hydrogen-bond acceptors (Lipinski definition) is 5. The molecule has 0 radical (unpaired) electrons. The maximum absolute atomic E-state index is 11.0. The smallest absolute Gasteiger partial charge is 0.0579 e. The molecule has 2 unspecified atom stereocenters. The van der Waals surface area contributed by atoms with Crippen LogP contribution in [0.2, 0.25) is 0 Å². The molecular weight excluding hydrogens is 148 g/mol. The molecule has 0 aromatic rings. The molecule has 2 atom stereocenters. The van der Waals surface area contributed by atoms with Gasteiger partial charge >= 0.3 is 0 Å². The Morgan fingerprint density at radius 3 is 2.27 bits per heavy atom. The van der Waals surface area contributed by atoms with Crippen molar-refractivity contribution < 1.29 is 4.84 Å². The van der Waals surface area contributed by atoms with Crippen LogP contribution in [0, 0.1) is 16.3 Å². The topological polar surface area (TPSA) is 61.8 Å². The van der Waals surface area contributed by atoms with Gasteiger partial charge in [-0.3, -0.25) is 0 Å². The van der Waals surface area contributed by atoms with E-state index in [4.69, 9.17) is 0 Å². The van der Waals surface area contributed by atoms with Crippen LogP contribution in [0.15, 0.2) is 0 Å². The molecule has 0 N–H and O–H groups in total. The third kappa shape index (κ3) is 1.69. The Kier molecular flexibility index (Phi) is 2.80. The van der Waals surface area contributed by atoms with Gasteiger partial charge in [-0.15, -0.1) is 0 Å². The van der Waals surface area contributed by atoms with Crippen molar-refractivity contribution in [1.82, 2.24) is 10.5 Å². The van der Waals surface area contributed by atoms with E-state index in [1.165, 1.54) is 7.11 Å². The minimum atomic E-state index is -0.188. The maximum atomic E-state index is 11.0. The van der Waals surface area contributed by atoms with E-state index in [2.05, 4.69) is 4.84 Å². The summed E-state index contributed by atoms with van der Waals surface area (Å²) in [5, 5.41) is 21.9. The molecule has 5 nitrogen and oxygen atoms in total. The number of hydrazine groups is 1. The summed E-state index contributed by atoms with van der Waals surface area (Å²) in [6, 6.07) is -0.188. The second-order valence-electron chi connectivity index (χ2n) is 2.84. The fraction of sp³-hybridized carbons (Fsp3) is 1.00. The Balaban J connectivity index is 2.34. The zero-order valence-electron chi connectivity index (χ0n) is 6.69. The van der Waals surface area contributed by atoms with Gasteiger partial charge in [0, 0.05) is 6.04 Å². The van der Waals surface area contributed by atoms with Crippen LogP contribution in [0.5, 0.6) is 0 Å². The Bertz CT molecular complexity index is 133. The van der Waals surface area contributed by atoms with Gasteiger partial charge in [0.2, 0.25) is 0 Å². The highest BCUT2D eigenvalue weighted by atomic mass is 17.0. The molecule has 0 aromatic heterocycles. The maximum Gasteiger partial charge on any atom is 0.0579 e. The molecule has 66 valence electrons. The first kappa shape index (κ1) is 8.89. The summed E-state index contributed by atoms with van der Waals surface area (Å²) >= 11 is 0. The second kappa shape index (κ2) is 3.46. The average molecular weight is 160 g/mol. The molecule has 0 aromatic carbocycles. The molecule has 0 spiro atoms. The van der Waals surface area contributed by atoms with Crippen molar-refractivity contribution in [1.29, 1.82) is 0 Å². The van der Waals surface area contributed by atoms with E-state index in [0.717, 1.165) is 12.8 Å². The van der Waals surface area contributed by atoms with Crippen LogP contribution in [0.3, 0.4) is 0 Å². The monoisotopic (exact) mass is 160 g/mol. The molecule has 0 amide bonds. The summed E-state index contributed by atoms with van der Waals surface area (Å²) in [5.41, 5.74) is 0. The third-order valence-electron chi connectivity index (χ3n) is 2.18. The van der Waals surface area contributed by atoms with Crippen LogP contribution in [0.25, 0.3) is 0 Å². The van der Waals surface area contributed by atoms with Gasteiger partial charge in [0.05, 0.1) is 7.11 Å². The minimum Gasteiger partial charge on any atom is -0.770 e. The van der Waals surface area contributed by atoms with Crippen molar-refractivity contribution >= 4 is 0 Å². The highest BCUT2D eigenvalue weighted by molar-refractivity contribution is 4.84. The quantitative estimate of drug-likeness (QED) is 0.573. The van der Waals surface area contributed by atoms with Crippen LogP contribution >= 0.6 is 0 Å². The summed E-state index contributed by atoms with van der Waals surface area (Å²) < 4.78 is 0. The fourth-order valence-electron chi connectivity index (χ4n) is 1.18. The molecule has 0 aliphatic heterocycles. The fourth-order valence-corrected chi connectivity index (χ4v) is 1.18. The van der Waals surface area contributed by atoms with Gasteiger partial charge in [0.25, 0.3) is 0 Å². The van der Waals surface area contributed by atoms with Crippen molar-refractivity contribution in [2.24, 2.45) is 5.92 Å². The zero-order valence-corrected chi connectivity index (χ0v) is 6.69. The lowest BCUT2D eigenvalue weighted by Crippen LogP contribution is -2.49. The predicted octanol–water partition coefficient (Wildman–Crippen LogP) is 0.861. The first-order valence-corrected chi connectivity index (χ1v) is 3.64. The Morgan fingerprint density at radius 2 is 2.00 bits per heavy atom. The van der Waals surface area contributed by atoms with Crippen LogP contribution in [0.1, 0.15) is 19.8 Å². The summed E-state index contributed by atoms with van der Waals surface area (Å²) in [5.74, 6) is 0.305. The predicted molar refractivity (Wildman–Crippen MR) is 39.6 cm³/mol. The van der Waals surface area contributed by atoms with Gasteiger partial charge in [-0.1, -0.05) is 6.92 Å². The Hall–Kier alpha value is -0.200. The third-order valence-corrected chi connectivity index (χ3v) is 2.18. The second-order valence-corrected chi connectivity index (χ2v) is 2.84. The lowest BCUT2D eigenvalue weighted by molar-refractivity contribution is -0.239. The van der Waals surface area contributed by atoms with Gasteiger partial charge in [-0.05, 0) is 18.8 Å². The van der Waals surface area contributed by atoms with Crippen molar-refractivity contribution in [2.75, 3.05) is 7.11 Å². The molecular formula is C6H12N2O3-2. The van der Waals surface area contributed by atoms with E-state index in [0.29, 0.717) is 11.1 Å². The highest BCUT2D eigenvalue weighted by Crippen LogP contribution is 2.31. The van der Waals surface area contributed by atoms with Crippen molar-refractivity contribution in [3.8, 4) is 0 Å². The van der Waals surface area contributed by atoms with Crippen molar-refractivity contribution in [2.45, 2.75) is 25.8 Å². The van der Waals surface area contributed by atoms with Gasteiger partial charge in [-0.2, -0.15) is 0 Å². The Morgan fingerprint density at radius 1 is 1.36 bits per heavy atom. The molecule has 0 heterocycles. The van der Waals surface area contributed by atoms with E-state index in [1.54, 1.807) is 0 Å². The number of nitrogens with zero attached hydrogens (tertiary/aromatic N) is 2. The summed E-state index contributed by atoms with van der Waals surface area (Å²) in [7, 11) is 1.18. The number of rotatable bonds is 3. The summed E-state index contributed by atoms with van der Waals surface area (Å²) in [4.78, 5) is 4.21. The van der Waals surface area contributed by atoms with Crippen molar-refractivity contribution in [3.05, 3.63) is 10.4 Å². The number of hydroxylamine groups is 1. The van der Waals surface area contributed by atoms with Crippen LogP contribution < -0.4 is 0 Å². The van der Waals surface area contributed by atoms with Crippen LogP contribution in [-0.4, -0.2) is 23.7 Å². The molecule has 0 bridgehead atoms. The standard InChI is InChI=1S/C6H12N2O3/c1-5-3-4-6(5)7(9)8(10)11-2/h5-6H,3-4H2,1-2H3/q-2. The first-order valence-electron chi connectivity index (χ1n) is 3.64. The van der Waals surface area contributed by atoms with Gasteiger partial charge in [-0.25, -0.2) is 5.34 Å². The Labute approximate surface area is 65.6 Å². The highest BCUT2D eigenvalue weighted by Gasteiger charge is 2.28. The summed E-state index contributed by atoms with van der Waals surface area (Å²) in [6.07, 6.45) is 1.80. The van der Waals surface area contributed by atoms with E-state index in [9.17, 15) is 10.4 Å². The SMILES string of the molecule is CON([O-])N([O-])C1CCC1C. The lowest BCUT2D eigenvalue weighted by Gasteiger charge is -2.53. The number of hydrogen-bond donors (Lipinski definition) is 0. The normalized spacial score (nSPS) is 31.1. The van der Waals surface area contributed by atoms with E-state index in [1.807, 2.05) is 6.92 Å².